The van der Waals surface area contributed by atoms with Crippen LogP contribution in [0.4, 0.5) is 16.0 Å². The first-order valence-corrected chi connectivity index (χ1v) is 10.9. The molecular formula is C18H19N5OS3. The summed E-state index contributed by atoms with van der Waals surface area (Å²) in [7, 11) is 0. The van der Waals surface area contributed by atoms with Crippen molar-refractivity contribution in [3.05, 3.63) is 53.6 Å². The molecule has 140 valence electrons. The summed E-state index contributed by atoms with van der Waals surface area (Å²) in [6, 6.07) is 7.85. The molecule has 1 amide bonds. The van der Waals surface area contributed by atoms with Crippen molar-refractivity contribution in [1.82, 2.24) is 15.2 Å². The molecule has 0 atom stereocenters. The number of nitrogens with one attached hydrogen (secondary N) is 1. The van der Waals surface area contributed by atoms with Crippen molar-refractivity contribution in [1.29, 1.82) is 0 Å². The lowest BCUT2D eigenvalue weighted by molar-refractivity contribution is -0.115. The third kappa shape index (κ3) is 5.15. The molecule has 3 rings (SSSR count). The summed E-state index contributed by atoms with van der Waals surface area (Å²) in [6.07, 6.45) is 1.78. The maximum absolute atomic E-state index is 12.2. The van der Waals surface area contributed by atoms with Gasteiger partial charge in [0, 0.05) is 24.6 Å². The van der Waals surface area contributed by atoms with Crippen LogP contribution in [0, 0.1) is 6.92 Å². The zero-order chi connectivity index (χ0) is 19.2. The fourth-order valence-electron chi connectivity index (χ4n) is 2.29. The average Bonchev–Trinajstić information content (AvgIpc) is 3.27. The SMILES string of the molecule is C=CCNc1nnc(SCc2csc(N(C(C)=O)c3cccc(C)c3)n2)s1. The minimum Gasteiger partial charge on any atom is -0.357 e. The van der Waals surface area contributed by atoms with Crippen molar-refractivity contribution in [2.24, 2.45) is 0 Å². The number of nitrogens with zero attached hydrogens (tertiary/aromatic N) is 4. The highest BCUT2D eigenvalue weighted by Crippen LogP contribution is 2.32. The summed E-state index contributed by atoms with van der Waals surface area (Å²) in [5.41, 5.74) is 2.84. The predicted molar refractivity (Wildman–Crippen MR) is 114 cm³/mol. The number of thioether (sulfide) groups is 1. The van der Waals surface area contributed by atoms with Crippen LogP contribution in [0.3, 0.4) is 0 Å². The van der Waals surface area contributed by atoms with Crippen LogP contribution in [0.1, 0.15) is 18.2 Å². The van der Waals surface area contributed by atoms with Gasteiger partial charge in [0.25, 0.3) is 0 Å². The van der Waals surface area contributed by atoms with Crippen LogP contribution in [-0.4, -0.2) is 27.6 Å². The Morgan fingerprint density at radius 3 is 3.00 bits per heavy atom. The topological polar surface area (TPSA) is 71.0 Å². The van der Waals surface area contributed by atoms with Crippen molar-refractivity contribution in [3.8, 4) is 0 Å². The molecule has 0 aliphatic heterocycles. The second kappa shape index (κ2) is 9.12. The van der Waals surface area contributed by atoms with E-state index in [1.807, 2.05) is 36.6 Å². The summed E-state index contributed by atoms with van der Waals surface area (Å²) in [5, 5.41) is 14.8. The molecule has 9 heteroatoms. The Kier molecular flexibility index (Phi) is 6.59. The van der Waals surface area contributed by atoms with Crippen LogP contribution < -0.4 is 10.2 Å². The Hall–Kier alpha value is -2.23. The van der Waals surface area contributed by atoms with E-state index < -0.39 is 0 Å². The van der Waals surface area contributed by atoms with Crippen molar-refractivity contribution < 1.29 is 4.79 Å². The number of amides is 1. The van der Waals surface area contributed by atoms with Gasteiger partial charge >= 0.3 is 0 Å². The van der Waals surface area contributed by atoms with Crippen molar-refractivity contribution >= 4 is 56.3 Å². The van der Waals surface area contributed by atoms with Gasteiger partial charge in [-0.1, -0.05) is 41.3 Å². The van der Waals surface area contributed by atoms with Gasteiger partial charge in [-0.05, 0) is 24.6 Å². The Labute approximate surface area is 170 Å². The predicted octanol–water partition coefficient (Wildman–Crippen LogP) is 4.88. The van der Waals surface area contributed by atoms with E-state index >= 15 is 0 Å². The quantitative estimate of drug-likeness (QED) is 0.416. The van der Waals surface area contributed by atoms with Crippen LogP contribution in [0.15, 0.2) is 46.6 Å². The molecule has 2 aromatic heterocycles. The van der Waals surface area contributed by atoms with Crippen LogP contribution in [-0.2, 0) is 10.5 Å². The third-order valence-corrected chi connectivity index (χ3v) is 6.38. The molecular weight excluding hydrogens is 398 g/mol. The van der Waals surface area contributed by atoms with E-state index in [2.05, 4.69) is 27.1 Å². The number of carbonyl (C=O) groups excluding carboxylic acids is 1. The zero-order valence-electron chi connectivity index (χ0n) is 15.0. The summed E-state index contributed by atoms with van der Waals surface area (Å²) in [6.45, 7) is 7.89. The first-order valence-electron chi connectivity index (χ1n) is 8.19. The van der Waals surface area contributed by atoms with Crippen molar-refractivity contribution in [2.45, 2.75) is 23.9 Å². The van der Waals surface area contributed by atoms with E-state index in [1.165, 1.54) is 22.7 Å². The monoisotopic (exact) mass is 417 g/mol. The minimum atomic E-state index is -0.0591. The highest BCUT2D eigenvalue weighted by molar-refractivity contribution is 8.00. The fourth-order valence-corrected chi connectivity index (χ4v) is 4.94. The molecule has 6 nitrogen and oxygen atoms in total. The average molecular weight is 418 g/mol. The van der Waals surface area contributed by atoms with Gasteiger partial charge in [-0.2, -0.15) is 0 Å². The van der Waals surface area contributed by atoms with E-state index in [1.54, 1.807) is 29.7 Å². The van der Waals surface area contributed by atoms with Crippen molar-refractivity contribution in [3.63, 3.8) is 0 Å². The number of aromatic nitrogens is 3. The lowest BCUT2D eigenvalue weighted by atomic mass is 10.2. The molecule has 1 N–H and O–H groups in total. The van der Waals surface area contributed by atoms with E-state index in [0.717, 1.165) is 26.4 Å². The van der Waals surface area contributed by atoms with Crippen LogP contribution >= 0.6 is 34.4 Å². The molecule has 0 spiro atoms. The van der Waals surface area contributed by atoms with Gasteiger partial charge in [-0.15, -0.1) is 28.1 Å². The molecule has 3 aromatic rings. The Morgan fingerprint density at radius 2 is 2.26 bits per heavy atom. The second-order valence-corrected chi connectivity index (χ2v) is 8.68. The maximum atomic E-state index is 12.2. The molecule has 1 aromatic carbocycles. The molecule has 0 radical (unpaired) electrons. The van der Waals surface area contributed by atoms with Crippen LogP contribution in [0.25, 0.3) is 0 Å². The molecule has 0 aliphatic rings. The number of benzene rings is 1. The lowest BCUT2D eigenvalue weighted by Gasteiger charge is -2.18. The Morgan fingerprint density at radius 1 is 1.41 bits per heavy atom. The summed E-state index contributed by atoms with van der Waals surface area (Å²) in [5.74, 6) is 0.614. The van der Waals surface area contributed by atoms with Crippen LogP contribution in [0.2, 0.25) is 0 Å². The maximum Gasteiger partial charge on any atom is 0.230 e. The number of carbonyl (C=O) groups is 1. The summed E-state index contributed by atoms with van der Waals surface area (Å²) < 4.78 is 0.873. The van der Waals surface area contributed by atoms with E-state index in [0.29, 0.717) is 17.4 Å². The molecule has 2 heterocycles. The standard InChI is InChI=1S/C18H19N5OS3/c1-4-8-19-16-21-22-18(27-16)26-11-14-10-25-17(20-14)23(13(3)24)15-7-5-6-12(2)9-15/h4-7,9-10H,1,8,11H2,2-3H3,(H,19,21). The van der Waals surface area contributed by atoms with Gasteiger partial charge in [0.05, 0.1) is 11.4 Å². The van der Waals surface area contributed by atoms with Crippen molar-refractivity contribution in [2.75, 3.05) is 16.8 Å². The van der Waals surface area contributed by atoms with Gasteiger partial charge in [-0.25, -0.2) is 4.98 Å². The summed E-state index contributed by atoms with van der Waals surface area (Å²) in [4.78, 5) is 18.5. The van der Waals surface area contributed by atoms with Gasteiger partial charge in [-0.3, -0.25) is 9.69 Å². The first-order chi connectivity index (χ1) is 13.1. The number of rotatable bonds is 8. The van der Waals surface area contributed by atoms with Gasteiger partial charge in [0.2, 0.25) is 11.0 Å². The van der Waals surface area contributed by atoms with E-state index in [4.69, 9.17) is 0 Å². The highest BCUT2D eigenvalue weighted by Gasteiger charge is 2.18. The number of aryl methyl sites for hydroxylation is 1. The molecule has 0 bridgehead atoms. The van der Waals surface area contributed by atoms with Gasteiger partial charge in [0.1, 0.15) is 0 Å². The molecule has 0 fully saturated rings. The van der Waals surface area contributed by atoms with E-state index in [-0.39, 0.29) is 5.91 Å². The fraction of sp³-hybridized carbons (Fsp3) is 0.222. The largest absolute Gasteiger partial charge is 0.357 e. The lowest BCUT2D eigenvalue weighted by Crippen LogP contribution is -2.22. The van der Waals surface area contributed by atoms with Gasteiger partial charge < -0.3 is 5.32 Å². The highest BCUT2D eigenvalue weighted by atomic mass is 32.2. The van der Waals surface area contributed by atoms with Crippen LogP contribution in [0.5, 0.6) is 0 Å². The first kappa shape index (κ1) is 19.5. The number of hydrogen-bond donors (Lipinski definition) is 1. The number of hydrogen-bond acceptors (Lipinski definition) is 8. The molecule has 0 saturated heterocycles. The Balaban J connectivity index is 1.68. The Bertz CT molecular complexity index is 936. The molecule has 27 heavy (non-hydrogen) atoms. The second-order valence-electron chi connectivity index (χ2n) is 5.65. The molecule has 0 saturated carbocycles. The normalized spacial score (nSPS) is 10.6. The van der Waals surface area contributed by atoms with E-state index in [9.17, 15) is 4.79 Å². The minimum absolute atomic E-state index is 0.0591. The number of thiazole rings is 1. The zero-order valence-corrected chi connectivity index (χ0v) is 17.5. The molecule has 0 unspecified atom stereocenters. The molecule has 0 aliphatic carbocycles. The van der Waals surface area contributed by atoms with Gasteiger partial charge in [0.15, 0.2) is 9.47 Å². The summed E-state index contributed by atoms with van der Waals surface area (Å²) >= 11 is 4.54. The third-order valence-electron chi connectivity index (χ3n) is 3.45. The number of anilines is 3. The smallest absolute Gasteiger partial charge is 0.230 e.